The van der Waals surface area contributed by atoms with Crippen molar-refractivity contribution in [3.63, 3.8) is 0 Å². The molecule has 0 aliphatic carbocycles. The van der Waals surface area contributed by atoms with Crippen LogP contribution in [0.4, 0.5) is 5.69 Å². The average molecular weight is 387 g/mol. The lowest BCUT2D eigenvalue weighted by Crippen LogP contribution is -2.08. The first-order valence-corrected chi connectivity index (χ1v) is 10.1. The molecule has 0 unspecified atom stereocenters. The Kier molecular flexibility index (Phi) is 6.58. The maximum Gasteiger partial charge on any atom is 0.195 e. The van der Waals surface area contributed by atoms with Crippen molar-refractivity contribution in [1.29, 1.82) is 0 Å². The molecule has 0 atom stereocenters. The van der Waals surface area contributed by atoms with Crippen LogP contribution < -0.4 is 5.32 Å². The Labute approximate surface area is 164 Å². The molecule has 0 radical (unpaired) electrons. The van der Waals surface area contributed by atoms with Crippen LogP contribution in [0.3, 0.4) is 0 Å². The van der Waals surface area contributed by atoms with Crippen LogP contribution in [0.1, 0.15) is 26.1 Å². The number of benzene rings is 2. The fourth-order valence-electron chi connectivity index (χ4n) is 2.48. The molecule has 6 heteroatoms. The van der Waals surface area contributed by atoms with E-state index in [4.69, 9.17) is 11.6 Å². The van der Waals surface area contributed by atoms with Crippen LogP contribution in [-0.2, 0) is 6.54 Å². The Balaban J connectivity index is 1.80. The zero-order chi connectivity index (χ0) is 18.4. The Morgan fingerprint density at radius 2 is 1.77 bits per heavy atom. The standard InChI is InChI=1S/C20H23ClN4S/c1-15(2)12-13-26-20-24-23-19(25(20)18-6-4-3-5-7-18)14-22-17-10-8-16(21)9-11-17/h3-11,15,22H,12-14H2,1-2H3. The van der Waals surface area contributed by atoms with Crippen LogP contribution in [0.2, 0.25) is 5.02 Å². The van der Waals surface area contributed by atoms with Crippen molar-refractivity contribution in [1.82, 2.24) is 14.8 Å². The van der Waals surface area contributed by atoms with Crippen LogP contribution in [0.5, 0.6) is 0 Å². The Bertz CT molecular complexity index is 816. The zero-order valence-corrected chi connectivity index (χ0v) is 16.6. The van der Waals surface area contributed by atoms with E-state index in [2.05, 4.69) is 46.1 Å². The highest BCUT2D eigenvalue weighted by Crippen LogP contribution is 2.24. The van der Waals surface area contributed by atoms with Gasteiger partial charge >= 0.3 is 0 Å². The second kappa shape index (κ2) is 9.10. The molecule has 2 aromatic carbocycles. The molecule has 4 nitrogen and oxygen atoms in total. The molecular weight excluding hydrogens is 364 g/mol. The molecule has 1 aromatic heterocycles. The minimum Gasteiger partial charge on any atom is -0.378 e. The molecule has 1 N–H and O–H groups in total. The molecule has 0 aliphatic heterocycles. The van der Waals surface area contributed by atoms with Crippen molar-refractivity contribution in [2.24, 2.45) is 5.92 Å². The third-order valence-corrected chi connectivity index (χ3v) is 5.15. The molecule has 0 saturated heterocycles. The van der Waals surface area contributed by atoms with Gasteiger partial charge in [0.05, 0.1) is 6.54 Å². The van der Waals surface area contributed by atoms with Crippen molar-refractivity contribution < 1.29 is 0 Å². The van der Waals surface area contributed by atoms with Crippen LogP contribution in [0.25, 0.3) is 5.69 Å². The number of hydrogen-bond donors (Lipinski definition) is 1. The third kappa shape index (κ3) is 5.02. The number of nitrogens with zero attached hydrogens (tertiary/aromatic N) is 3. The summed E-state index contributed by atoms with van der Waals surface area (Å²) in [5, 5.41) is 13.9. The number of nitrogens with one attached hydrogen (secondary N) is 1. The molecule has 26 heavy (non-hydrogen) atoms. The van der Waals surface area contributed by atoms with Gasteiger partial charge in [0.15, 0.2) is 11.0 Å². The zero-order valence-electron chi connectivity index (χ0n) is 15.0. The monoisotopic (exact) mass is 386 g/mol. The van der Waals surface area contributed by atoms with Gasteiger partial charge in [0, 0.05) is 22.2 Å². The summed E-state index contributed by atoms with van der Waals surface area (Å²) in [7, 11) is 0. The van der Waals surface area contributed by atoms with Crippen LogP contribution in [0, 0.1) is 5.92 Å². The Morgan fingerprint density at radius 3 is 2.46 bits per heavy atom. The lowest BCUT2D eigenvalue weighted by molar-refractivity contribution is 0.631. The van der Waals surface area contributed by atoms with E-state index in [0.29, 0.717) is 12.5 Å². The smallest absolute Gasteiger partial charge is 0.195 e. The van der Waals surface area contributed by atoms with E-state index < -0.39 is 0 Å². The molecule has 0 bridgehead atoms. The van der Waals surface area contributed by atoms with E-state index in [-0.39, 0.29) is 0 Å². The fraction of sp³-hybridized carbons (Fsp3) is 0.300. The van der Waals surface area contributed by atoms with E-state index >= 15 is 0 Å². The predicted molar refractivity (Wildman–Crippen MR) is 110 cm³/mol. The predicted octanol–water partition coefficient (Wildman–Crippen LogP) is 5.67. The highest BCUT2D eigenvalue weighted by Gasteiger charge is 2.14. The molecule has 136 valence electrons. The number of thioether (sulfide) groups is 1. The van der Waals surface area contributed by atoms with Crippen molar-refractivity contribution in [3.05, 3.63) is 65.4 Å². The second-order valence-electron chi connectivity index (χ2n) is 6.46. The first-order valence-electron chi connectivity index (χ1n) is 8.75. The number of aromatic nitrogens is 3. The van der Waals surface area contributed by atoms with Crippen molar-refractivity contribution in [2.75, 3.05) is 11.1 Å². The van der Waals surface area contributed by atoms with Crippen LogP contribution in [-0.4, -0.2) is 20.5 Å². The van der Waals surface area contributed by atoms with Gasteiger partial charge in [0.25, 0.3) is 0 Å². The average Bonchev–Trinajstić information content (AvgIpc) is 3.04. The van der Waals surface area contributed by atoms with Crippen LogP contribution >= 0.6 is 23.4 Å². The molecular formula is C20H23ClN4S. The summed E-state index contributed by atoms with van der Waals surface area (Å²) in [6.07, 6.45) is 1.16. The van der Waals surface area contributed by atoms with E-state index in [1.54, 1.807) is 11.8 Å². The molecule has 3 aromatic rings. The minimum absolute atomic E-state index is 0.592. The minimum atomic E-state index is 0.592. The second-order valence-corrected chi connectivity index (χ2v) is 7.96. The molecule has 0 aliphatic rings. The molecule has 0 saturated carbocycles. The summed E-state index contributed by atoms with van der Waals surface area (Å²) in [6, 6.07) is 17.9. The number of rotatable bonds is 8. The summed E-state index contributed by atoms with van der Waals surface area (Å²) in [6.45, 7) is 5.07. The number of hydrogen-bond acceptors (Lipinski definition) is 4. The van der Waals surface area contributed by atoms with E-state index in [1.165, 1.54) is 0 Å². The lowest BCUT2D eigenvalue weighted by Gasteiger charge is -2.12. The van der Waals surface area contributed by atoms with Crippen molar-refractivity contribution in [3.8, 4) is 5.69 Å². The molecule has 0 spiro atoms. The van der Waals surface area contributed by atoms with Gasteiger partial charge in [-0.15, -0.1) is 10.2 Å². The first-order chi connectivity index (χ1) is 12.6. The number of halogens is 1. The highest BCUT2D eigenvalue weighted by atomic mass is 35.5. The lowest BCUT2D eigenvalue weighted by atomic mass is 10.2. The van der Waals surface area contributed by atoms with Crippen LogP contribution in [0.15, 0.2) is 59.8 Å². The van der Waals surface area contributed by atoms with Gasteiger partial charge in [-0.3, -0.25) is 4.57 Å². The highest BCUT2D eigenvalue weighted by molar-refractivity contribution is 7.99. The maximum absolute atomic E-state index is 5.95. The van der Waals surface area contributed by atoms with Gasteiger partial charge in [-0.05, 0) is 48.7 Å². The summed E-state index contributed by atoms with van der Waals surface area (Å²) in [4.78, 5) is 0. The largest absolute Gasteiger partial charge is 0.378 e. The van der Waals surface area contributed by atoms with Gasteiger partial charge in [0.1, 0.15) is 0 Å². The normalized spacial score (nSPS) is 11.1. The SMILES string of the molecule is CC(C)CCSc1nnc(CNc2ccc(Cl)cc2)n1-c1ccccc1. The van der Waals surface area contributed by atoms with Gasteiger partial charge in [-0.2, -0.15) is 0 Å². The number of anilines is 1. The van der Waals surface area contributed by atoms with Gasteiger partial charge < -0.3 is 5.32 Å². The summed E-state index contributed by atoms with van der Waals surface area (Å²) >= 11 is 7.71. The van der Waals surface area contributed by atoms with Crippen molar-refractivity contribution in [2.45, 2.75) is 32.0 Å². The Hall–Kier alpha value is -1.98. The number of para-hydroxylation sites is 1. The Morgan fingerprint density at radius 1 is 1.04 bits per heavy atom. The summed E-state index contributed by atoms with van der Waals surface area (Å²) < 4.78 is 2.13. The maximum atomic E-state index is 5.95. The van der Waals surface area contributed by atoms with E-state index in [0.717, 1.165) is 39.6 Å². The summed E-state index contributed by atoms with van der Waals surface area (Å²) in [5.74, 6) is 2.60. The van der Waals surface area contributed by atoms with Gasteiger partial charge in [-0.1, -0.05) is 55.4 Å². The molecule has 0 amide bonds. The van der Waals surface area contributed by atoms with Gasteiger partial charge in [0.2, 0.25) is 0 Å². The molecule has 3 rings (SSSR count). The molecule has 0 fully saturated rings. The van der Waals surface area contributed by atoms with Crippen molar-refractivity contribution >= 4 is 29.1 Å². The third-order valence-electron chi connectivity index (χ3n) is 3.94. The van der Waals surface area contributed by atoms with Gasteiger partial charge in [-0.25, -0.2) is 0 Å². The first kappa shape index (κ1) is 18.8. The summed E-state index contributed by atoms with van der Waals surface area (Å²) in [5.41, 5.74) is 2.09. The molecule has 1 heterocycles. The fourth-order valence-corrected chi connectivity index (χ4v) is 3.82. The van der Waals surface area contributed by atoms with E-state index in [1.807, 2.05) is 42.5 Å². The topological polar surface area (TPSA) is 42.7 Å². The van der Waals surface area contributed by atoms with E-state index in [9.17, 15) is 0 Å². The quantitative estimate of drug-likeness (QED) is 0.506.